The van der Waals surface area contributed by atoms with Gasteiger partial charge < -0.3 is 30.8 Å². The maximum Gasteiger partial charge on any atom is 0.407 e. The lowest BCUT2D eigenvalue weighted by Crippen LogP contribution is -2.56. The van der Waals surface area contributed by atoms with Gasteiger partial charge in [0, 0.05) is 37.1 Å². The van der Waals surface area contributed by atoms with E-state index in [1.165, 1.54) is 36.3 Å². The second-order valence-corrected chi connectivity index (χ2v) is 25.8. The van der Waals surface area contributed by atoms with Gasteiger partial charge in [-0.25, -0.2) is 17.5 Å². The molecule has 15 nitrogen and oxygen atoms in total. The Hall–Kier alpha value is -8.07. The fourth-order valence-electron chi connectivity index (χ4n) is 9.79. The van der Waals surface area contributed by atoms with Crippen molar-refractivity contribution in [2.24, 2.45) is 0 Å². The first-order valence-corrected chi connectivity index (χ1v) is 32.0. The van der Waals surface area contributed by atoms with E-state index < -0.39 is 75.4 Å². The number of benzene rings is 7. The molecule has 434 valence electrons. The standard InChI is InChI=1S/C52H54N6O9S2.C13H13PS/c1-36(59)28-29-45(49(62)55-33-48(61)58(31-30-53)69(65,66)32-16-27-47(60)54-2)56-50(63)46(57-51(64)67-34-44-42-25-14-12-23-40(42)41-24-13-15-26-43(41)44)35-68-52(37-17-6-3-7-18-37,38-19-8-4-9-20-38)39-21-10-5-11-22-39;15-11-14(12-7-3-1-4-8-12)13-9-5-2-6-10-13/h3-15,17-26,44-46H,16,27-29,31-35H2,1-2H3,(H,54,60)(H,55,62)(H,56,63)(H,57,64);1-10,15H,11H2/t45-,46-;/m0./s1. The number of Topliss-reactive ketones (excluding diaryl/α,β-unsaturated/α-hetero) is 1. The zero-order chi connectivity index (χ0) is 59.9. The van der Waals surface area contributed by atoms with Crippen molar-refractivity contribution in [3.63, 3.8) is 0 Å². The summed E-state index contributed by atoms with van der Waals surface area (Å²) in [6.07, 6.45) is -1.54. The van der Waals surface area contributed by atoms with Crippen molar-refractivity contribution in [1.82, 2.24) is 25.6 Å². The van der Waals surface area contributed by atoms with Gasteiger partial charge in [0.15, 0.2) is 0 Å². The molecule has 5 amide bonds. The monoisotopic (exact) mass is 1200 g/mol. The van der Waals surface area contributed by atoms with Crippen LogP contribution < -0.4 is 31.9 Å². The molecule has 0 fully saturated rings. The van der Waals surface area contributed by atoms with E-state index in [0.29, 0.717) is 4.31 Å². The maximum atomic E-state index is 14.7. The van der Waals surface area contributed by atoms with Crippen molar-refractivity contribution >= 4 is 88.4 Å². The first-order valence-electron chi connectivity index (χ1n) is 27.3. The van der Waals surface area contributed by atoms with Gasteiger partial charge in [-0.15, -0.1) is 11.8 Å². The van der Waals surface area contributed by atoms with Crippen molar-refractivity contribution in [1.29, 1.82) is 5.26 Å². The molecule has 0 unspecified atom stereocenters. The molecule has 0 saturated heterocycles. The number of thiol groups is 1. The number of nitrogens with one attached hydrogen (secondary N) is 4. The number of thioether (sulfide) groups is 1. The van der Waals surface area contributed by atoms with E-state index >= 15 is 0 Å². The number of ether oxygens (including phenoxy) is 1. The van der Waals surface area contributed by atoms with E-state index in [9.17, 15) is 42.4 Å². The fourth-order valence-corrected chi connectivity index (χ4v) is 15.4. The Morgan fingerprint density at radius 1 is 0.667 bits per heavy atom. The summed E-state index contributed by atoms with van der Waals surface area (Å²) in [7, 11) is -3.27. The molecule has 7 aromatic carbocycles. The predicted molar refractivity (Wildman–Crippen MR) is 336 cm³/mol. The summed E-state index contributed by atoms with van der Waals surface area (Å²) in [6.45, 7) is -0.470. The van der Waals surface area contributed by atoms with Gasteiger partial charge in [0.1, 0.15) is 31.0 Å². The molecule has 0 bridgehead atoms. The van der Waals surface area contributed by atoms with E-state index in [-0.39, 0.29) is 57.7 Å². The Morgan fingerprint density at radius 2 is 1.14 bits per heavy atom. The molecular formula is C65H67N6O9PS3. The third-order valence-corrected chi connectivity index (χ3v) is 20.4. The number of ketones is 1. The Balaban J connectivity index is 0.000000581. The fraction of sp³-hybridized carbons (Fsp3) is 0.246. The molecule has 0 aromatic heterocycles. The first-order chi connectivity index (χ1) is 40.7. The van der Waals surface area contributed by atoms with Crippen molar-refractivity contribution in [2.75, 3.05) is 43.7 Å². The lowest BCUT2D eigenvalue weighted by molar-refractivity contribution is -0.132. The van der Waals surface area contributed by atoms with Crippen LogP contribution in [-0.2, 0) is 43.5 Å². The number of alkyl carbamates (subject to hydrolysis) is 1. The minimum Gasteiger partial charge on any atom is -0.449 e. The Labute approximate surface area is 502 Å². The summed E-state index contributed by atoms with van der Waals surface area (Å²) in [5.74, 6) is -4.55. The second-order valence-electron chi connectivity index (χ2n) is 19.5. The number of fused-ring (bicyclic) bond motifs is 3. The molecular weight excluding hydrogens is 1140 g/mol. The van der Waals surface area contributed by atoms with Crippen LogP contribution in [0.1, 0.15) is 66.3 Å². The molecule has 0 spiro atoms. The van der Waals surface area contributed by atoms with E-state index in [4.69, 9.17) is 4.74 Å². The molecule has 2 atom stereocenters. The second kappa shape index (κ2) is 31.6. The van der Waals surface area contributed by atoms with Gasteiger partial charge in [0.2, 0.25) is 27.7 Å². The molecule has 0 heterocycles. The molecule has 4 N–H and O–H groups in total. The van der Waals surface area contributed by atoms with Crippen LogP contribution >= 0.6 is 32.3 Å². The molecule has 84 heavy (non-hydrogen) atoms. The highest BCUT2D eigenvalue weighted by atomic mass is 32.2. The van der Waals surface area contributed by atoms with Gasteiger partial charge in [-0.05, 0) is 77.2 Å². The van der Waals surface area contributed by atoms with Crippen molar-refractivity contribution < 1.29 is 41.9 Å². The summed E-state index contributed by atoms with van der Waals surface area (Å²) in [5, 5.41) is 22.4. The topological polar surface area (TPSA) is 221 Å². The third kappa shape index (κ3) is 16.8. The lowest BCUT2D eigenvalue weighted by Gasteiger charge is -2.36. The molecule has 7 aromatic rings. The summed E-state index contributed by atoms with van der Waals surface area (Å²) in [5.41, 5.74) is 7.60. The minimum absolute atomic E-state index is 0.0480. The number of hydrogen-bond donors (Lipinski definition) is 5. The molecule has 19 heteroatoms. The zero-order valence-corrected chi connectivity index (χ0v) is 50.1. The first kappa shape index (κ1) is 63.5. The number of amides is 5. The van der Waals surface area contributed by atoms with Crippen LogP contribution in [0, 0.1) is 11.3 Å². The predicted octanol–water partition coefficient (Wildman–Crippen LogP) is 8.80. The summed E-state index contributed by atoms with van der Waals surface area (Å²) < 4.78 is 31.5. The number of hydrogen-bond acceptors (Lipinski definition) is 12. The molecule has 1 aliphatic rings. The van der Waals surface area contributed by atoms with Gasteiger partial charge in [-0.2, -0.15) is 17.9 Å². The Bertz CT molecular complexity index is 3310. The van der Waals surface area contributed by atoms with Gasteiger partial charge in [-0.1, -0.05) is 200 Å². The maximum absolute atomic E-state index is 14.7. The van der Waals surface area contributed by atoms with Gasteiger partial charge in [-0.3, -0.25) is 19.2 Å². The number of rotatable bonds is 26. The van der Waals surface area contributed by atoms with Crippen LogP contribution in [0.5, 0.6) is 0 Å². The van der Waals surface area contributed by atoms with Crippen LogP contribution in [0.3, 0.4) is 0 Å². The highest BCUT2D eigenvalue weighted by molar-refractivity contribution is 8.00. The number of sulfonamides is 1. The summed E-state index contributed by atoms with van der Waals surface area (Å²) >= 11 is 5.84. The van der Waals surface area contributed by atoms with Crippen molar-refractivity contribution in [3.05, 3.63) is 228 Å². The zero-order valence-electron chi connectivity index (χ0n) is 46.6. The van der Waals surface area contributed by atoms with Crippen LogP contribution in [0.15, 0.2) is 200 Å². The smallest absolute Gasteiger partial charge is 0.407 e. The highest BCUT2D eigenvalue weighted by Crippen LogP contribution is 2.49. The van der Waals surface area contributed by atoms with Crippen LogP contribution in [0.2, 0.25) is 0 Å². The Kier molecular flexibility index (Phi) is 23.9. The minimum atomic E-state index is -4.38. The quantitative estimate of drug-likeness (QED) is 0.0149. The molecule has 8 rings (SSSR count). The van der Waals surface area contributed by atoms with E-state index in [2.05, 4.69) is 94.6 Å². The van der Waals surface area contributed by atoms with Crippen LogP contribution in [0.4, 0.5) is 4.79 Å². The van der Waals surface area contributed by atoms with Crippen molar-refractivity contribution in [3.8, 4) is 17.2 Å². The van der Waals surface area contributed by atoms with Crippen LogP contribution in [0.25, 0.3) is 11.1 Å². The molecule has 0 radical (unpaired) electrons. The Morgan fingerprint density at radius 3 is 1.61 bits per heavy atom. The average Bonchev–Trinajstić information content (AvgIpc) is 3.21. The third-order valence-electron chi connectivity index (χ3n) is 14.0. The average molecular weight is 1200 g/mol. The molecule has 1 aliphatic carbocycles. The van der Waals surface area contributed by atoms with Gasteiger partial charge in [0.25, 0.3) is 5.91 Å². The van der Waals surface area contributed by atoms with Gasteiger partial charge >= 0.3 is 6.09 Å². The number of nitriles is 1. The number of carbonyl (C=O) groups excluding carboxylic acids is 6. The van der Waals surface area contributed by atoms with E-state index in [1.54, 1.807) is 6.07 Å². The summed E-state index contributed by atoms with van der Waals surface area (Å²) in [4.78, 5) is 79.9. The van der Waals surface area contributed by atoms with Crippen molar-refractivity contribution in [2.45, 2.75) is 55.4 Å². The lowest BCUT2D eigenvalue weighted by atomic mass is 9.84. The largest absolute Gasteiger partial charge is 0.449 e. The number of nitrogens with zero attached hydrogens (tertiary/aromatic N) is 2. The highest BCUT2D eigenvalue weighted by Gasteiger charge is 2.40. The number of carbonyl (C=O) groups is 6. The molecule has 0 saturated carbocycles. The molecule has 0 aliphatic heterocycles. The summed E-state index contributed by atoms with van der Waals surface area (Å²) in [6, 6.07) is 64.9. The SMILES string of the molecule is CNC(=O)CCCS(=O)(=O)N(CC#N)C(=O)CNC(=O)[C@H](CCC(C)=O)NC(=O)[C@H](CSC(c1ccccc1)(c1ccccc1)c1ccccc1)NC(=O)OCC1c2ccccc2-c2ccccc21.SCP(c1ccccc1)c1ccccc1. The van der Waals surface area contributed by atoms with Crippen LogP contribution in [-0.4, -0.2) is 104 Å². The van der Waals surface area contributed by atoms with E-state index in [0.717, 1.165) is 44.4 Å². The normalized spacial score (nSPS) is 12.4. The van der Waals surface area contributed by atoms with Gasteiger partial charge in [0.05, 0.1) is 23.1 Å². The van der Waals surface area contributed by atoms with E-state index in [1.807, 2.05) is 140 Å².